The number of hydrogen-bond donors (Lipinski definition) is 0. The Kier molecular flexibility index (Phi) is 2.83. The molecule has 0 amide bonds. The molecule has 0 radical (unpaired) electrons. The zero-order valence-corrected chi connectivity index (χ0v) is 10.9. The number of aliphatic imine (C=N–C) groups is 1. The number of nitrogens with zero attached hydrogens (tertiary/aromatic N) is 2. The molecule has 4 nitrogen and oxygen atoms in total. The van der Waals surface area contributed by atoms with E-state index >= 15 is 0 Å². The maximum atomic E-state index is 12.4. The van der Waals surface area contributed by atoms with Crippen LogP contribution in [0.2, 0.25) is 0 Å². The van der Waals surface area contributed by atoms with Gasteiger partial charge in [0.05, 0.1) is 12.2 Å². The Morgan fingerprint density at radius 2 is 1.63 bits per heavy atom. The molecule has 2 aromatic rings. The Labute approximate surface area is 112 Å². The molecule has 0 bridgehead atoms. The van der Waals surface area contributed by atoms with E-state index in [-0.39, 0.29) is 4.90 Å². The van der Waals surface area contributed by atoms with Gasteiger partial charge in [-0.05, 0) is 17.7 Å². The Morgan fingerprint density at radius 1 is 0.947 bits per heavy atom. The normalized spacial score (nSPS) is 16.1. The number of para-hydroxylation sites is 1. The molecule has 0 saturated carbocycles. The largest absolute Gasteiger partial charge is 0.267 e. The summed E-state index contributed by atoms with van der Waals surface area (Å²) in [7, 11) is -3.50. The molecular weight excluding hydrogens is 260 g/mol. The van der Waals surface area contributed by atoms with Gasteiger partial charge in [0.1, 0.15) is 11.2 Å². The standard InChI is InChI=1S/C14H12N2O2S/c17-19(18)14-9-5-4-8-13(14)15-11-16(19)10-12-6-2-1-3-7-12/h1-9,11H,10H2. The highest BCUT2D eigenvalue weighted by Gasteiger charge is 2.28. The molecule has 1 aliphatic heterocycles. The van der Waals surface area contributed by atoms with Gasteiger partial charge in [-0.25, -0.2) is 13.4 Å². The molecule has 0 unspecified atom stereocenters. The number of rotatable bonds is 2. The molecule has 0 N–H and O–H groups in total. The highest BCUT2D eigenvalue weighted by molar-refractivity contribution is 7.89. The molecule has 0 aromatic heterocycles. The van der Waals surface area contributed by atoms with Crippen LogP contribution in [0.3, 0.4) is 0 Å². The topological polar surface area (TPSA) is 49.7 Å². The molecule has 1 heterocycles. The van der Waals surface area contributed by atoms with E-state index in [1.54, 1.807) is 24.3 Å². The number of hydrogen-bond acceptors (Lipinski definition) is 3. The van der Waals surface area contributed by atoms with Gasteiger partial charge in [0.25, 0.3) is 10.0 Å². The molecule has 96 valence electrons. The van der Waals surface area contributed by atoms with Crippen molar-refractivity contribution in [2.75, 3.05) is 0 Å². The van der Waals surface area contributed by atoms with E-state index in [0.717, 1.165) is 5.56 Å². The van der Waals surface area contributed by atoms with E-state index < -0.39 is 10.0 Å². The number of benzene rings is 2. The fourth-order valence-corrected chi connectivity index (χ4v) is 3.36. The first kappa shape index (κ1) is 11.9. The first-order valence-corrected chi connectivity index (χ1v) is 7.31. The maximum absolute atomic E-state index is 12.4. The number of fused-ring (bicyclic) bond motifs is 1. The molecule has 19 heavy (non-hydrogen) atoms. The summed E-state index contributed by atoms with van der Waals surface area (Å²) < 4.78 is 26.2. The van der Waals surface area contributed by atoms with Crippen LogP contribution in [-0.4, -0.2) is 19.1 Å². The van der Waals surface area contributed by atoms with Crippen molar-refractivity contribution in [3.8, 4) is 0 Å². The summed E-state index contributed by atoms with van der Waals surface area (Å²) >= 11 is 0. The zero-order chi connectivity index (χ0) is 13.3. The van der Waals surface area contributed by atoms with Crippen LogP contribution in [0.5, 0.6) is 0 Å². The molecule has 0 aliphatic carbocycles. The summed E-state index contributed by atoms with van der Waals surface area (Å²) in [4.78, 5) is 4.45. The predicted molar refractivity (Wildman–Crippen MR) is 73.8 cm³/mol. The summed E-state index contributed by atoms with van der Waals surface area (Å²) in [6.07, 6.45) is 1.38. The second-order valence-electron chi connectivity index (χ2n) is 4.25. The minimum absolute atomic E-state index is 0.258. The molecule has 3 rings (SSSR count). The Bertz CT molecular complexity index is 724. The lowest BCUT2D eigenvalue weighted by atomic mass is 10.2. The third kappa shape index (κ3) is 2.13. The van der Waals surface area contributed by atoms with Gasteiger partial charge in [-0.15, -0.1) is 0 Å². The molecule has 0 atom stereocenters. The highest BCUT2D eigenvalue weighted by Crippen LogP contribution is 2.30. The molecule has 2 aromatic carbocycles. The Hall–Kier alpha value is -2.14. The van der Waals surface area contributed by atoms with E-state index in [1.807, 2.05) is 30.3 Å². The Balaban J connectivity index is 1.99. The fraction of sp³-hybridized carbons (Fsp3) is 0.0714. The molecule has 0 saturated heterocycles. The number of sulfonamides is 1. The first-order chi connectivity index (χ1) is 9.18. The molecular formula is C14H12N2O2S. The van der Waals surface area contributed by atoms with Crippen LogP contribution in [0.1, 0.15) is 5.56 Å². The van der Waals surface area contributed by atoms with E-state index in [9.17, 15) is 8.42 Å². The average molecular weight is 272 g/mol. The van der Waals surface area contributed by atoms with E-state index in [2.05, 4.69) is 4.99 Å². The van der Waals surface area contributed by atoms with Crippen LogP contribution in [0.4, 0.5) is 5.69 Å². The quantitative estimate of drug-likeness (QED) is 0.843. The van der Waals surface area contributed by atoms with Crippen LogP contribution in [-0.2, 0) is 16.6 Å². The van der Waals surface area contributed by atoms with Crippen molar-refractivity contribution in [2.45, 2.75) is 11.4 Å². The lowest BCUT2D eigenvalue weighted by molar-refractivity contribution is 0.522. The van der Waals surface area contributed by atoms with Gasteiger partial charge in [-0.1, -0.05) is 42.5 Å². The van der Waals surface area contributed by atoms with E-state index in [0.29, 0.717) is 12.2 Å². The minimum Gasteiger partial charge on any atom is -0.252 e. The van der Waals surface area contributed by atoms with Gasteiger partial charge < -0.3 is 0 Å². The lowest BCUT2D eigenvalue weighted by Gasteiger charge is -2.23. The van der Waals surface area contributed by atoms with Crippen LogP contribution < -0.4 is 0 Å². The second kappa shape index (κ2) is 4.51. The van der Waals surface area contributed by atoms with Crippen LogP contribution in [0.25, 0.3) is 0 Å². The predicted octanol–water partition coefficient (Wildman–Crippen LogP) is 2.55. The smallest absolute Gasteiger partial charge is 0.252 e. The molecule has 5 heteroatoms. The van der Waals surface area contributed by atoms with Crippen molar-refractivity contribution in [1.29, 1.82) is 0 Å². The summed E-state index contributed by atoms with van der Waals surface area (Å²) in [6, 6.07) is 16.2. The minimum atomic E-state index is -3.50. The molecule has 1 aliphatic rings. The monoisotopic (exact) mass is 272 g/mol. The van der Waals surface area contributed by atoms with E-state index in [1.165, 1.54) is 10.6 Å². The SMILES string of the molecule is O=S1(=O)c2ccccc2N=CN1Cc1ccccc1. The fourth-order valence-electron chi connectivity index (χ4n) is 1.99. The second-order valence-corrected chi connectivity index (χ2v) is 6.11. The van der Waals surface area contributed by atoms with Crippen molar-refractivity contribution >= 4 is 22.0 Å². The Morgan fingerprint density at radius 3 is 2.42 bits per heavy atom. The van der Waals surface area contributed by atoms with Gasteiger partial charge in [-0.3, -0.25) is 4.31 Å². The molecule has 0 spiro atoms. The van der Waals surface area contributed by atoms with Crippen molar-refractivity contribution < 1.29 is 8.42 Å². The summed E-state index contributed by atoms with van der Waals surface area (Å²) in [6.45, 7) is 0.293. The van der Waals surface area contributed by atoms with Gasteiger partial charge >= 0.3 is 0 Å². The van der Waals surface area contributed by atoms with Crippen LogP contribution >= 0.6 is 0 Å². The third-order valence-corrected chi connectivity index (χ3v) is 4.70. The van der Waals surface area contributed by atoms with Crippen LogP contribution in [0.15, 0.2) is 64.5 Å². The zero-order valence-electron chi connectivity index (χ0n) is 10.1. The summed E-state index contributed by atoms with van der Waals surface area (Å²) in [5.41, 5.74) is 1.42. The van der Waals surface area contributed by atoms with Crippen molar-refractivity contribution in [3.05, 3.63) is 60.2 Å². The van der Waals surface area contributed by atoms with Crippen LogP contribution in [0, 0.1) is 0 Å². The highest BCUT2D eigenvalue weighted by atomic mass is 32.2. The van der Waals surface area contributed by atoms with Gasteiger partial charge in [0, 0.05) is 0 Å². The first-order valence-electron chi connectivity index (χ1n) is 5.87. The summed E-state index contributed by atoms with van der Waals surface area (Å²) in [5.74, 6) is 0. The van der Waals surface area contributed by atoms with Gasteiger partial charge in [0.15, 0.2) is 0 Å². The molecule has 0 fully saturated rings. The van der Waals surface area contributed by atoms with Crippen molar-refractivity contribution in [3.63, 3.8) is 0 Å². The lowest BCUT2D eigenvalue weighted by Crippen LogP contribution is -2.31. The van der Waals surface area contributed by atoms with Crippen molar-refractivity contribution in [2.24, 2.45) is 4.99 Å². The average Bonchev–Trinajstić information content (AvgIpc) is 2.44. The van der Waals surface area contributed by atoms with Gasteiger partial charge in [0.2, 0.25) is 0 Å². The van der Waals surface area contributed by atoms with Gasteiger partial charge in [-0.2, -0.15) is 0 Å². The third-order valence-electron chi connectivity index (χ3n) is 2.96. The van der Waals surface area contributed by atoms with Crippen molar-refractivity contribution in [1.82, 2.24) is 4.31 Å². The maximum Gasteiger partial charge on any atom is 0.267 e. The van der Waals surface area contributed by atoms with E-state index in [4.69, 9.17) is 0 Å². The summed E-state index contributed by atoms with van der Waals surface area (Å²) in [5, 5.41) is 0.